The quantitative estimate of drug-likeness (QED) is 0.606. The average molecular weight is 238 g/mol. The summed E-state index contributed by atoms with van der Waals surface area (Å²) in [7, 11) is 2.94. The molecule has 0 unspecified atom stereocenters. The minimum absolute atomic E-state index is 0.170. The highest BCUT2D eigenvalue weighted by molar-refractivity contribution is 5.78. The van der Waals surface area contributed by atoms with E-state index in [4.69, 9.17) is 19.3 Å². The molecule has 0 spiro atoms. The molecule has 1 aromatic rings. The van der Waals surface area contributed by atoms with Crippen molar-refractivity contribution in [1.82, 2.24) is 0 Å². The highest BCUT2D eigenvalue weighted by atomic mass is 16.5. The fourth-order valence-corrected chi connectivity index (χ4v) is 1.28. The van der Waals surface area contributed by atoms with Crippen molar-refractivity contribution in [2.75, 3.05) is 20.8 Å². The summed E-state index contributed by atoms with van der Waals surface area (Å²) in [6.45, 7) is 0.170. The van der Waals surface area contributed by atoms with Crippen LogP contribution in [0.4, 0.5) is 0 Å². The van der Waals surface area contributed by atoms with E-state index in [2.05, 4.69) is 0 Å². The fraction of sp³-hybridized carbons (Fsp3) is 0.250. The van der Waals surface area contributed by atoms with Crippen LogP contribution in [0.2, 0.25) is 0 Å². The number of aldehydes is 1. The SMILES string of the molecule is COc1cc(C=O)cc(OC)c1OCC=CO. The zero-order valence-electron chi connectivity index (χ0n) is 9.67. The average Bonchev–Trinajstić information content (AvgIpc) is 2.38. The summed E-state index contributed by atoms with van der Waals surface area (Å²) in [5, 5.41) is 8.51. The van der Waals surface area contributed by atoms with E-state index in [-0.39, 0.29) is 6.61 Å². The molecule has 0 fully saturated rings. The number of methoxy groups -OCH3 is 2. The molecule has 17 heavy (non-hydrogen) atoms. The lowest BCUT2D eigenvalue weighted by molar-refractivity contribution is 0.112. The van der Waals surface area contributed by atoms with E-state index < -0.39 is 0 Å². The molecule has 5 nitrogen and oxygen atoms in total. The molecule has 0 saturated heterocycles. The molecule has 0 atom stereocenters. The largest absolute Gasteiger partial charge is 0.516 e. The van der Waals surface area contributed by atoms with E-state index in [1.165, 1.54) is 20.3 Å². The Morgan fingerprint density at radius 3 is 2.24 bits per heavy atom. The Morgan fingerprint density at radius 2 is 1.82 bits per heavy atom. The molecule has 0 aliphatic rings. The maximum Gasteiger partial charge on any atom is 0.203 e. The van der Waals surface area contributed by atoms with E-state index in [0.717, 1.165) is 6.26 Å². The third kappa shape index (κ3) is 3.14. The van der Waals surface area contributed by atoms with Gasteiger partial charge in [0.25, 0.3) is 0 Å². The second-order valence-electron chi connectivity index (χ2n) is 3.07. The Hall–Kier alpha value is -2.17. The van der Waals surface area contributed by atoms with Crippen LogP contribution in [0.15, 0.2) is 24.5 Å². The van der Waals surface area contributed by atoms with E-state index in [1.54, 1.807) is 12.1 Å². The predicted molar refractivity (Wildman–Crippen MR) is 62.2 cm³/mol. The minimum Gasteiger partial charge on any atom is -0.516 e. The van der Waals surface area contributed by atoms with Crippen molar-refractivity contribution in [1.29, 1.82) is 0 Å². The van der Waals surface area contributed by atoms with Gasteiger partial charge in [0.2, 0.25) is 5.75 Å². The third-order valence-electron chi connectivity index (χ3n) is 2.05. The Morgan fingerprint density at radius 1 is 1.24 bits per heavy atom. The summed E-state index contributed by atoms with van der Waals surface area (Å²) in [5.41, 5.74) is 0.434. The van der Waals surface area contributed by atoms with Crippen LogP contribution in [0.25, 0.3) is 0 Å². The molecule has 0 saturated carbocycles. The summed E-state index contributed by atoms with van der Waals surface area (Å²) in [4.78, 5) is 10.7. The second-order valence-corrected chi connectivity index (χ2v) is 3.07. The van der Waals surface area contributed by atoms with Gasteiger partial charge in [-0.05, 0) is 18.2 Å². The van der Waals surface area contributed by atoms with Crippen LogP contribution in [0, 0.1) is 0 Å². The Kier molecular flexibility index (Phi) is 4.87. The molecule has 92 valence electrons. The van der Waals surface area contributed by atoms with E-state index in [0.29, 0.717) is 29.1 Å². The number of hydrogen-bond acceptors (Lipinski definition) is 5. The summed E-state index contributed by atoms with van der Waals surface area (Å²) >= 11 is 0. The van der Waals surface area contributed by atoms with Crippen LogP contribution in [-0.4, -0.2) is 32.2 Å². The number of benzene rings is 1. The van der Waals surface area contributed by atoms with Gasteiger partial charge in [0.05, 0.1) is 20.5 Å². The molecule has 0 radical (unpaired) electrons. The zero-order chi connectivity index (χ0) is 12.7. The minimum atomic E-state index is 0.170. The molecule has 0 bridgehead atoms. The highest BCUT2D eigenvalue weighted by Crippen LogP contribution is 2.38. The topological polar surface area (TPSA) is 65.0 Å². The number of rotatable bonds is 6. The summed E-state index contributed by atoms with van der Waals surface area (Å²) in [6.07, 6.45) is 3.01. The Labute approximate surface area is 99.2 Å². The third-order valence-corrected chi connectivity index (χ3v) is 2.05. The van der Waals surface area contributed by atoms with Gasteiger partial charge in [-0.3, -0.25) is 4.79 Å². The molecule has 0 amide bonds. The predicted octanol–water partition coefficient (Wildman–Crippen LogP) is 1.97. The number of hydrogen-bond donors (Lipinski definition) is 1. The highest BCUT2D eigenvalue weighted by Gasteiger charge is 2.13. The lowest BCUT2D eigenvalue weighted by Crippen LogP contribution is -2.00. The molecule has 0 aliphatic carbocycles. The maximum absolute atomic E-state index is 10.7. The Balaban J connectivity index is 3.10. The number of carbonyl (C=O) groups excluding carboxylic acids is 1. The summed E-state index contributed by atoms with van der Waals surface area (Å²) in [6, 6.07) is 3.10. The molecule has 1 N–H and O–H groups in total. The van der Waals surface area contributed by atoms with Gasteiger partial charge in [-0.25, -0.2) is 0 Å². The van der Waals surface area contributed by atoms with Crippen molar-refractivity contribution < 1.29 is 24.1 Å². The molecular formula is C12H14O5. The molecule has 0 aliphatic heterocycles. The smallest absolute Gasteiger partial charge is 0.203 e. The molecule has 0 heterocycles. The number of aliphatic hydroxyl groups excluding tert-OH is 1. The van der Waals surface area contributed by atoms with Crippen LogP contribution in [0.3, 0.4) is 0 Å². The monoisotopic (exact) mass is 238 g/mol. The fourth-order valence-electron chi connectivity index (χ4n) is 1.28. The summed E-state index contributed by atoms with van der Waals surface area (Å²) in [5.74, 6) is 1.19. The first-order chi connectivity index (χ1) is 8.26. The van der Waals surface area contributed by atoms with Crippen LogP contribution >= 0.6 is 0 Å². The number of carbonyl (C=O) groups is 1. The zero-order valence-corrected chi connectivity index (χ0v) is 9.67. The van der Waals surface area contributed by atoms with E-state index in [1.807, 2.05) is 0 Å². The van der Waals surface area contributed by atoms with Crippen molar-refractivity contribution in [3.05, 3.63) is 30.0 Å². The molecule has 1 aromatic carbocycles. The first-order valence-electron chi connectivity index (χ1n) is 4.90. The van der Waals surface area contributed by atoms with Gasteiger partial charge in [-0.1, -0.05) is 0 Å². The van der Waals surface area contributed by atoms with Gasteiger partial charge < -0.3 is 19.3 Å². The standard InChI is InChI=1S/C12H14O5/c1-15-10-6-9(8-14)7-11(16-2)12(10)17-5-3-4-13/h3-4,6-8,13H,5H2,1-2H3. The number of ether oxygens (including phenoxy) is 3. The lowest BCUT2D eigenvalue weighted by Gasteiger charge is -2.13. The van der Waals surface area contributed by atoms with Gasteiger partial charge in [0.1, 0.15) is 12.9 Å². The molecule has 1 rings (SSSR count). The Bertz CT molecular complexity index is 386. The first-order valence-corrected chi connectivity index (χ1v) is 4.90. The summed E-state index contributed by atoms with van der Waals surface area (Å²) < 4.78 is 15.6. The van der Waals surface area contributed by atoms with Crippen LogP contribution in [0.1, 0.15) is 10.4 Å². The number of aliphatic hydroxyl groups is 1. The van der Waals surface area contributed by atoms with Crippen molar-refractivity contribution in [2.45, 2.75) is 0 Å². The van der Waals surface area contributed by atoms with Gasteiger partial charge in [-0.2, -0.15) is 0 Å². The van der Waals surface area contributed by atoms with Crippen LogP contribution < -0.4 is 14.2 Å². The van der Waals surface area contributed by atoms with Crippen molar-refractivity contribution in [3.8, 4) is 17.2 Å². The van der Waals surface area contributed by atoms with Crippen molar-refractivity contribution in [3.63, 3.8) is 0 Å². The van der Waals surface area contributed by atoms with Gasteiger partial charge in [0, 0.05) is 5.56 Å². The molecule has 0 aromatic heterocycles. The lowest BCUT2D eigenvalue weighted by atomic mass is 10.2. The molecular weight excluding hydrogens is 224 g/mol. The van der Waals surface area contributed by atoms with E-state index >= 15 is 0 Å². The van der Waals surface area contributed by atoms with Gasteiger partial charge >= 0.3 is 0 Å². The van der Waals surface area contributed by atoms with Crippen molar-refractivity contribution in [2.24, 2.45) is 0 Å². The maximum atomic E-state index is 10.7. The van der Waals surface area contributed by atoms with Gasteiger partial charge in [-0.15, -0.1) is 0 Å². The van der Waals surface area contributed by atoms with Crippen molar-refractivity contribution >= 4 is 6.29 Å². The van der Waals surface area contributed by atoms with Crippen LogP contribution in [-0.2, 0) is 0 Å². The first kappa shape index (κ1) is 12.9. The molecule has 5 heteroatoms. The second kappa shape index (κ2) is 6.42. The van der Waals surface area contributed by atoms with Crippen LogP contribution in [0.5, 0.6) is 17.2 Å². The normalized spacial score (nSPS) is 10.2. The van der Waals surface area contributed by atoms with E-state index in [9.17, 15) is 4.79 Å². The van der Waals surface area contributed by atoms with Gasteiger partial charge in [0.15, 0.2) is 11.5 Å².